The summed E-state index contributed by atoms with van der Waals surface area (Å²) in [5, 5.41) is 0. The second-order valence-electron chi connectivity index (χ2n) is 3.99. The number of thioether (sulfide) groups is 1. The molecule has 0 bridgehead atoms. The molecule has 1 heterocycles. The first kappa shape index (κ1) is 10.0. The lowest BCUT2D eigenvalue weighted by molar-refractivity contribution is 0.407. The smallest absolute Gasteiger partial charge is 0.0406 e. The Hall–Kier alpha value is -0.500. The van der Waals surface area contributed by atoms with Crippen LogP contribution in [0, 0.1) is 0 Å². The lowest BCUT2D eigenvalue weighted by atomic mass is 9.83. The van der Waals surface area contributed by atoms with Crippen LogP contribution >= 0.6 is 11.8 Å². The summed E-state index contributed by atoms with van der Waals surface area (Å²) in [6.07, 6.45) is 12.9. The molecule has 2 heteroatoms. The molecule has 0 N–H and O–H groups in total. The molecule has 76 valence electrons. The number of aromatic nitrogens is 1. The minimum Gasteiger partial charge on any atom is -0.265 e. The Kier molecular flexibility index (Phi) is 3.12. The number of rotatable bonds is 2. The summed E-state index contributed by atoms with van der Waals surface area (Å²) in [6, 6.07) is 4.36. The van der Waals surface area contributed by atoms with Gasteiger partial charge in [0.1, 0.15) is 0 Å². The predicted octanol–water partition coefficient (Wildman–Crippen LogP) is 3.60. The lowest BCUT2D eigenvalue weighted by Gasteiger charge is -2.36. The molecule has 1 aliphatic rings. The van der Waals surface area contributed by atoms with Gasteiger partial charge in [0.15, 0.2) is 0 Å². The maximum Gasteiger partial charge on any atom is 0.0406 e. The first-order valence-corrected chi connectivity index (χ1v) is 6.55. The molecule has 1 nitrogen and oxygen atoms in total. The van der Waals surface area contributed by atoms with Crippen molar-refractivity contribution < 1.29 is 0 Å². The van der Waals surface area contributed by atoms with E-state index in [1.165, 1.54) is 37.7 Å². The van der Waals surface area contributed by atoms with Gasteiger partial charge in [-0.2, -0.15) is 11.8 Å². The van der Waals surface area contributed by atoms with Crippen molar-refractivity contribution >= 4 is 11.8 Å². The maximum absolute atomic E-state index is 4.10. The highest BCUT2D eigenvalue weighted by molar-refractivity contribution is 7.99. The normalized spacial score (nSPS) is 20.6. The van der Waals surface area contributed by atoms with Crippen LogP contribution in [0.5, 0.6) is 0 Å². The summed E-state index contributed by atoms with van der Waals surface area (Å²) in [5.41, 5.74) is 1.47. The minimum absolute atomic E-state index is 0.390. The average molecular weight is 207 g/mol. The van der Waals surface area contributed by atoms with Crippen LogP contribution in [-0.4, -0.2) is 11.2 Å². The van der Waals surface area contributed by atoms with Crippen molar-refractivity contribution in [1.29, 1.82) is 0 Å². The van der Waals surface area contributed by atoms with E-state index in [2.05, 4.69) is 23.4 Å². The van der Waals surface area contributed by atoms with Gasteiger partial charge in [-0.25, -0.2) is 0 Å². The molecule has 0 unspecified atom stereocenters. The Balaban J connectivity index is 2.27. The standard InChI is InChI=1S/C12H17NS/c1-14-12(7-3-2-4-8-12)11-5-9-13-10-6-11/h5-6,9-10H,2-4,7-8H2,1H3. The van der Waals surface area contributed by atoms with E-state index in [1.54, 1.807) is 0 Å². The molecule has 1 aromatic heterocycles. The fourth-order valence-corrected chi connectivity index (χ4v) is 3.46. The van der Waals surface area contributed by atoms with Crippen LogP contribution in [-0.2, 0) is 4.75 Å². The van der Waals surface area contributed by atoms with Crippen LogP contribution in [0.3, 0.4) is 0 Å². The zero-order valence-electron chi connectivity index (χ0n) is 8.70. The van der Waals surface area contributed by atoms with Crippen LogP contribution in [0.25, 0.3) is 0 Å². The monoisotopic (exact) mass is 207 g/mol. The van der Waals surface area contributed by atoms with Gasteiger partial charge in [0.05, 0.1) is 0 Å². The molecule has 0 saturated heterocycles. The number of hydrogen-bond donors (Lipinski definition) is 0. The van der Waals surface area contributed by atoms with Crippen molar-refractivity contribution in [3.8, 4) is 0 Å². The van der Waals surface area contributed by atoms with Gasteiger partial charge in [0, 0.05) is 17.1 Å². The molecule has 2 rings (SSSR count). The van der Waals surface area contributed by atoms with Crippen molar-refractivity contribution in [2.45, 2.75) is 36.9 Å². The van der Waals surface area contributed by atoms with Gasteiger partial charge in [-0.05, 0) is 36.8 Å². The largest absolute Gasteiger partial charge is 0.265 e. The van der Waals surface area contributed by atoms with Gasteiger partial charge < -0.3 is 0 Å². The van der Waals surface area contributed by atoms with Crippen molar-refractivity contribution in [3.05, 3.63) is 30.1 Å². The van der Waals surface area contributed by atoms with E-state index < -0.39 is 0 Å². The van der Waals surface area contributed by atoms with Crippen LogP contribution in [0.1, 0.15) is 37.7 Å². The van der Waals surface area contributed by atoms with E-state index in [4.69, 9.17) is 0 Å². The van der Waals surface area contributed by atoms with Crippen LogP contribution in [0.2, 0.25) is 0 Å². The molecule has 0 spiro atoms. The van der Waals surface area contributed by atoms with E-state index in [0.29, 0.717) is 4.75 Å². The Bertz CT molecular complexity index is 278. The molecule has 0 amide bonds. The molecular formula is C12H17NS. The van der Waals surface area contributed by atoms with Gasteiger partial charge in [-0.1, -0.05) is 19.3 Å². The fourth-order valence-electron chi connectivity index (χ4n) is 2.39. The van der Waals surface area contributed by atoms with Gasteiger partial charge >= 0.3 is 0 Å². The molecule has 0 aliphatic heterocycles. The van der Waals surface area contributed by atoms with Crippen molar-refractivity contribution in [2.75, 3.05) is 6.26 Å². The summed E-state index contributed by atoms with van der Waals surface area (Å²) in [5.74, 6) is 0. The fraction of sp³-hybridized carbons (Fsp3) is 0.583. The molecule has 1 fully saturated rings. The Morgan fingerprint density at radius 1 is 1.14 bits per heavy atom. The van der Waals surface area contributed by atoms with Crippen molar-refractivity contribution in [1.82, 2.24) is 4.98 Å². The molecule has 0 atom stereocenters. The van der Waals surface area contributed by atoms with E-state index >= 15 is 0 Å². The summed E-state index contributed by atoms with van der Waals surface area (Å²) in [6.45, 7) is 0. The second-order valence-corrected chi connectivity index (χ2v) is 5.18. The van der Waals surface area contributed by atoms with Gasteiger partial charge in [-0.3, -0.25) is 4.98 Å². The van der Waals surface area contributed by atoms with E-state index in [0.717, 1.165) is 0 Å². The summed E-state index contributed by atoms with van der Waals surface area (Å²) in [4.78, 5) is 4.10. The molecule has 1 aromatic rings. The summed E-state index contributed by atoms with van der Waals surface area (Å²) >= 11 is 2.02. The molecule has 0 aromatic carbocycles. The van der Waals surface area contributed by atoms with Crippen molar-refractivity contribution in [2.24, 2.45) is 0 Å². The van der Waals surface area contributed by atoms with E-state index in [9.17, 15) is 0 Å². The number of pyridine rings is 1. The third-order valence-electron chi connectivity index (χ3n) is 3.26. The highest BCUT2D eigenvalue weighted by Gasteiger charge is 2.32. The van der Waals surface area contributed by atoms with Crippen molar-refractivity contribution in [3.63, 3.8) is 0 Å². The number of hydrogen-bond acceptors (Lipinski definition) is 2. The molecule has 1 saturated carbocycles. The van der Waals surface area contributed by atoms with E-state index in [1.807, 2.05) is 24.2 Å². The van der Waals surface area contributed by atoms with Crippen LogP contribution in [0.15, 0.2) is 24.5 Å². The zero-order valence-corrected chi connectivity index (χ0v) is 9.52. The third-order valence-corrected chi connectivity index (χ3v) is 4.68. The second kappa shape index (κ2) is 4.35. The first-order valence-electron chi connectivity index (χ1n) is 5.33. The Labute approximate surface area is 90.3 Å². The topological polar surface area (TPSA) is 12.9 Å². The molecule has 14 heavy (non-hydrogen) atoms. The van der Waals surface area contributed by atoms with Gasteiger partial charge in [-0.15, -0.1) is 0 Å². The summed E-state index contributed by atoms with van der Waals surface area (Å²) < 4.78 is 0.390. The van der Waals surface area contributed by atoms with E-state index in [-0.39, 0.29) is 0 Å². The molecule has 1 aliphatic carbocycles. The SMILES string of the molecule is CSC1(c2ccncc2)CCCCC1. The highest BCUT2D eigenvalue weighted by Crippen LogP contribution is 2.46. The van der Waals surface area contributed by atoms with Crippen LogP contribution < -0.4 is 0 Å². The first-order chi connectivity index (χ1) is 6.87. The summed E-state index contributed by atoms with van der Waals surface area (Å²) in [7, 11) is 0. The highest BCUT2D eigenvalue weighted by atomic mass is 32.2. The average Bonchev–Trinajstić information content (AvgIpc) is 2.31. The molecule has 0 radical (unpaired) electrons. The van der Waals surface area contributed by atoms with Gasteiger partial charge in [0.25, 0.3) is 0 Å². The predicted molar refractivity (Wildman–Crippen MR) is 62.5 cm³/mol. The number of nitrogens with zero attached hydrogens (tertiary/aromatic N) is 1. The minimum atomic E-state index is 0.390. The maximum atomic E-state index is 4.10. The third kappa shape index (κ3) is 1.81. The zero-order chi connectivity index (χ0) is 9.86. The van der Waals surface area contributed by atoms with Crippen LogP contribution in [0.4, 0.5) is 0 Å². The lowest BCUT2D eigenvalue weighted by Crippen LogP contribution is -2.24. The van der Waals surface area contributed by atoms with Gasteiger partial charge in [0.2, 0.25) is 0 Å². The Morgan fingerprint density at radius 2 is 1.79 bits per heavy atom. The molecular weight excluding hydrogens is 190 g/mol. The Morgan fingerprint density at radius 3 is 2.36 bits per heavy atom. The quantitative estimate of drug-likeness (QED) is 0.735.